The van der Waals surface area contributed by atoms with Gasteiger partial charge in [-0.1, -0.05) is 54.6 Å². The van der Waals surface area contributed by atoms with E-state index in [1.165, 1.54) is 11.1 Å². The van der Waals surface area contributed by atoms with Crippen molar-refractivity contribution in [3.63, 3.8) is 0 Å². The van der Waals surface area contributed by atoms with Crippen LogP contribution in [0.25, 0.3) is 11.1 Å². The Balaban J connectivity index is 1.73. The summed E-state index contributed by atoms with van der Waals surface area (Å²) in [7, 11) is 0. The average Bonchev–Trinajstić information content (AvgIpc) is 2.62. The van der Waals surface area contributed by atoms with Gasteiger partial charge in [0.2, 0.25) is 0 Å². The molecule has 0 saturated carbocycles. The first kappa shape index (κ1) is 17.4. The summed E-state index contributed by atoms with van der Waals surface area (Å²) >= 11 is 4.40. The molecule has 2 nitrogen and oxygen atoms in total. The standard InChI is InChI=1S/C20H14I2O2/c21-18-10-15(12-23)11-19(22)20(18)24-13-14-6-8-17(9-7-14)16-4-2-1-3-5-16/h1-12H,13H2. The topological polar surface area (TPSA) is 26.3 Å². The molecular weight excluding hydrogens is 526 g/mol. The van der Waals surface area contributed by atoms with Crippen molar-refractivity contribution in [1.29, 1.82) is 0 Å². The van der Waals surface area contributed by atoms with Crippen molar-refractivity contribution in [1.82, 2.24) is 0 Å². The fraction of sp³-hybridized carbons (Fsp3) is 0.0500. The van der Waals surface area contributed by atoms with Crippen LogP contribution in [0.2, 0.25) is 0 Å². The Morgan fingerprint density at radius 1 is 0.833 bits per heavy atom. The fourth-order valence-corrected chi connectivity index (χ4v) is 4.49. The van der Waals surface area contributed by atoms with Crippen molar-refractivity contribution >= 4 is 51.5 Å². The maximum Gasteiger partial charge on any atom is 0.150 e. The lowest BCUT2D eigenvalue weighted by atomic mass is 10.0. The maximum absolute atomic E-state index is 10.9. The molecule has 0 bridgehead atoms. The van der Waals surface area contributed by atoms with E-state index in [1.54, 1.807) is 0 Å². The van der Waals surface area contributed by atoms with Crippen LogP contribution in [-0.4, -0.2) is 6.29 Å². The first-order chi connectivity index (χ1) is 11.7. The lowest BCUT2D eigenvalue weighted by Gasteiger charge is -2.11. The van der Waals surface area contributed by atoms with Crippen LogP contribution in [0.1, 0.15) is 15.9 Å². The predicted octanol–water partition coefficient (Wildman–Crippen LogP) is 5.95. The molecule has 0 amide bonds. The van der Waals surface area contributed by atoms with E-state index in [0.29, 0.717) is 12.2 Å². The molecule has 0 spiro atoms. The Bertz CT molecular complexity index is 820. The summed E-state index contributed by atoms with van der Waals surface area (Å²) < 4.78 is 7.86. The molecular formula is C20H14I2O2. The summed E-state index contributed by atoms with van der Waals surface area (Å²) in [5, 5.41) is 0. The number of hydrogen-bond acceptors (Lipinski definition) is 2. The van der Waals surface area contributed by atoms with Gasteiger partial charge in [0, 0.05) is 5.56 Å². The van der Waals surface area contributed by atoms with Crippen LogP contribution in [0, 0.1) is 7.14 Å². The summed E-state index contributed by atoms with van der Waals surface area (Å²) in [6.07, 6.45) is 0.858. The molecule has 3 aromatic rings. The quantitative estimate of drug-likeness (QED) is 0.296. The molecule has 0 aromatic heterocycles. The van der Waals surface area contributed by atoms with Crippen LogP contribution in [0.5, 0.6) is 5.75 Å². The monoisotopic (exact) mass is 540 g/mol. The minimum absolute atomic E-state index is 0.501. The second-order valence-electron chi connectivity index (χ2n) is 5.28. The molecule has 0 saturated heterocycles. The summed E-state index contributed by atoms with van der Waals surface area (Å²) in [6.45, 7) is 0.501. The SMILES string of the molecule is O=Cc1cc(I)c(OCc2ccc(-c3ccccc3)cc2)c(I)c1. The molecule has 0 aliphatic rings. The highest BCUT2D eigenvalue weighted by Crippen LogP contribution is 2.29. The summed E-state index contributed by atoms with van der Waals surface area (Å²) in [4.78, 5) is 10.9. The van der Waals surface area contributed by atoms with Crippen molar-refractivity contribution in [3.8, 4) is 16.9 Å². The molecule has 0 fully saturated rings. The zero-order chi connectivity index (χ0) is 16.9. The van der Waals surface area contributed by atoms with Crippen LogP contribution in [-0.2, 0) is 6.61 Å². The van der Waals surface area contributed by atoms with Gasteiger partial charge in [-0.25, -0.2) is 0 Å². The molecule has 0 aliphatic carbocycles. The summed E-state index contributed by atoms with van der Waals surface area (Å²) in [5.41, 5.74) is 4.18. The number of aldehydes is 1. The van der Waals surface area contributed by atoms with Gasteiger partial charge in [0.15, 0.2) is 0 Å². The van der Waals surface area contributed by atoms with Gasteiger partial charge in [-0.05, 0) is 74.0 Å². The Hall–Kier alpha value is -1.41. The predicted molar refractivity (Wildman–Crippen MR) is 113 cm³/mol. The first-order valence-corrected chi connectivity index (χ1v) is 9.54. The van der Waals surface area contributed by atoms with E-state index in [9.17, 15) is 4.79 Å². The first-order valence-electron chi connectivity index (χ1n) is 7.39. The maximum atomic E-state index is 10.9. The van der Waals surface area contributed by atoms with Crippen molar-refractivity contribution in [2.75, 3.05) is 0 Å². The Morgan fingerprint density at radius 3 is 2.00 bits per heavy atom. The van der Waals surface area contributed by atoms with Gasteiger partial charge in [0.25, 0.3) is 0 Å². The largest absolute Gasteiger partial charge is 0.487 e. The molecule has 0 heterocycles. The Morgan fingerprint density at radius 2 is 1.42 bits per heavy atom. The van der Waals surface area contributed by atoms with E-state index >= 15 is 0 Å². The third-order valence-electron chi connectivity index (χ3n) is 3.60. The highest BCUT2D eigenvalue weighted by atomic mass is 127. The van der Waals surface area contributed by atoms with Gasteiger partial charge in [-0.3, -0.25) is 4.79 Å². The molecule has 0 unspecified atom stereocenters. The van der Waals surface area contributed by atoms with Crippen LogP contribution in [0.15, 0.2) is 66.7 Å². The fourth-order valence-electron chi connectivity index (χ4n) is 2.36. The number of rotatable bonds is 5. The number of halogens is 2. The second kappa shape index (κ2) is 8.11. The lowest BCUT2D eigenvalue weighted by molar-refractivity contribution is 0.112. The molecule has 24 heavy (non-hydrogen) atoms. The van der Waals surface area contributed by atoms with Crippen LogP contribution in [0.3, 0.4) is 0 Å². The molecule has 120 valence electrons. The van der Waals surface area contributed by atoms with Crippen molar-refractivity contribution < 1.29 is 9.53 Å². The molecule has 3 aromatic carbocycles. The van der Waals surface area contributed by atoms with Crippen LogP contribution in [0.4, 0.5) is 0 Å². The van der Waals surface area contributed by atoms with Gasteiger partial charge in [-0.15, -0.1) is 0 Å². The number of carbonyl (C=O) groups is 1. The smallest absolute Gasteiger partial charge is 0.150 e. The average molecular weight is 540 g/mol. The third-order valence-corrected chi connectivity index (χ3v) is 5.20. The van der Waals surface area contributed by atoms with Gasteiger partial charge in [-0.2, -0.15) is 0 Å². The molecule has 0 N–H and O–H groups in total. The lowest BCUT2D eigenvalue weighted by Crippen LogP contribution is -2.00. The van der Waals surface area contributed by atoms with E-state index in [-0.39, 0.29) is 0 Å². The number of ether oxygens (including phenoxy) is 1. The van der Waals surface area contributed by atoms with E-state index in [0.717, 1.165) is 24.7 Å². The van der Waals surface area contributed by atoms with Gasteiger partial charge in [0.1, 0.15) is 18.6 Å². The zero-order valence-corrected chi connectivity index (χ0v) is 17.0. The molecule has 0 radical (unpaired) electrons. The van der Waals surface area contributed by atoms with E-state index in [2.05, 4.69) is 81.6 Å². The highest BCUT2D eigenvalue weighted by Gasteiger charge is 2.09. The van der Waals surface area contributed by atoms with Crippen LogP contribution < -0.4 is 4.74 Å². The van der Waals surface area contributed by atoms with Crippen molar-refractivity contribution in [3.05, 3.63) is 85.0 Å². The minimum Gasteiger partial charge on any atom is -0.487 e. The number of benzene rings is 3. The molecule has 0 aliphatic heterocycles. The Kier molecular flexibility index (Phi) is 5.89. The van der Waals surface area contributed by atoms with E-state index in [1.807, 2.05) is 30.3 Å². The molecule has 3 rings (SSSR count). The minimum atomic E-state index is 0.501. The Labute approximate surface area is 168 Å². The van der Waals surface area contributed by atoms with Crippen LogP contribution >= 0.6 is 45.2 Å². The van der Waals surface area contributed by atoms with Gasteiger partial charge < -0.3 is 4.74 Å². The summed E-state index contributed by atoms with van der Waals surface area (Å²) in [6, 6.07) is 22.4. The van der Waals surface area contributed by atoms with Gasteiger partial charge >= 0.3 is 0 Å². The number of carbonyl (C=O) groups excluding carboxylic acids is 1. The number of hydrogen-bond donors (Lipinski definition) is 0. The third kappa shape index (κ3) is 4.16. The molecule has 0 atom stereocenters. The highest BCUT2D eigenvalue weighted by molar-refractivity contribution is 14.1. The zero-order valence-electron chi connectivity index (χ0n) is 12.7. The van der Waals surface area contributed by atoms with Gasteiger partial charge in [0.05, 0.1) is 7.14 Å². The second-order valence-corrected chi connectivity index (χ2v) is 7.61. The van der Waals surface area contributed by atoms with Crippen molar-refractivity contribution in [2.45, 2.75) is 6.61 Å². The molecule has 4 heteroatoms. The van der Waals surface area contributed by atoms with E-state index in [4.69, 9.17) is 4.74 Å². The summed E-state index contributed by atoms with van der Waals surface area (Å²) in [5.74, 6) is 0.828. The van der Waals surface area contributed by atoms with E-state index < -0.39 is 0 Å². The normalized spacial score (nSPS) is 10.4. The van der Waals surface area contributed by atoms with Crippen molar-refractivity contribution in [2.24, 2.45) is 0 Å².